The molecule has 5 fully saturated rings. The lowest BCUT2D eigenvalue weighted by Gasteiger charge is -2.65. The summed E-state index contributed by atoms with van der Waals surface area (Å²) < 4.78 is 22.4. The Labute approximate surface area is 234 Å². The van der Waals surface area contributed by atoms with Crippen molar-refractivity contribution in [3.63, 3.8) is 0 Å². The van der Waals surface area contributed by atoms with E-state index in [1.807, 2.05) is 13.8 Å². The van der Waals surface area contributed by atoms with Gasteiger partial charge in [0.15, 0.2) is 5.78 Å². The topological polar surface area (TPSA) is 149 Å². The van der Waals surface area contributed by atoms with E-state index in [9.17, 15) is 29.7 Å². The molecule has 0 spiro atoms. The van der Waals surface area contributed by atoms with E-state index in [2.05, 4.69) is 0 Å². The van der Waals surface area contributed by atoms with Crippen LogP contribution in [0.5, 0.6) is 0 Å². The number of Topliss-reactive ketones (excluding diaryl/α,β-unsaturated/α-hetero) is 2. The smallest absolute Gasteiger partial charge is 0.331 e. The molecule has 6 aliphatic rings. The first-order valence-electron chi connectivity index (χ1n) is 14.7. The first-order valence-corrected chi connectivity index (χ1v) is 14.7. The minimum atomic E-state index is -1.43. The van der Waals surface area contributed by atoms with Crippen molar-refractivity contribution in [2.45, 2.75) is 108 Å². The van der Waals surface area contributed by atoms with E-state index in [1.165, 1.54) is 13.2 Å². The van der Waals surface area contributed by atoms with Crippen LogP contribution >= 0.6 is 0 Å². The molecule has 3 N–H and O–H groups in total. The summed E-state index contributed by atoms with van der Waals surface area (Å²) in [5, 5.41) is 35.6. The van der Waals surface area contributed by atoms with Crippen molar-refractivity contribution in [1.29, 1.82) is 0 Å². The van der Waals surface area contributed by atoms with Crippen molar-refractivity contribution in [3.05, 3.63) is 11.6 Å². The maximum absolute atomic E-state index is 14.1. The molecular formula is C30H42O10. The Morgan fingerprint density at radius 1 is 1.02 bits per heavy atom. The van der Waals surface area contributed by atoms with E-state index < -0.39 is 70.5 Å². The molecule has 10 nitrogen and oxygen atoms in total. The number of esters is 1. The highest BCUT2D eigenvalue weighted by Gasteiger charge is 2.74. The largest absolute Gasteiger partial charge is 0.458 e. The Hall–Kier alpha value is -1.69. The van der Waals surface area contributed by atoms with Crippen LogP contribution in [0.1, 0.15) is 65.7 Å². The summed E-state index contributed by atoms with van der Waals surface area (Å²) in [4.78, 5) is 38.7. The molecule has 4 saturated carbocycles. The minimum Gasteiger partial charge on any atom is -0.458 e. The number of cyclic esters (lactones) is 1. The second-order valence-corrected chi connectivity index (χ2v) is 13.6. The van der Waals surface area contributed by atoms with Gasteiger partial charge in [-0.3, -0.25) is 9.59 Å². The Kier molecular flexibility index (Phi) is 6.88. The van der Waals surface area contributed by atoms with Crippen LogP contribution in [-0.4, -0.2) is 89.0 Å². The molecule has 0 bridgehead atoms. The molecule has 0 radical (unpaired) electrons. The number of ether oxygens (including phenoxy) is 4. The van der Waals surface area contributed by atoms with Crippen molar-refractivity contribution < 1.29 is 48.7 Å². The standard InChI is InChI=1S/C30H42O10/c1-14-9-21(37-4)24(33)27(39-14)40-16-5-7-28(2)18(11-16)20(31)12-19-23(28)25(34)26(35)29(3)17(6-8-30(19,29)36)15-10-22(32)38-13-15/h10,14,16-21,23,25,27,31,34,36H,5-9,11-13H2,1-4H3. The van der Waals surface area contributed by atoms with Crippen molar-refractivity contribution in [2.75, 3.05) is 13.7 Å². The third-order valence-corrected chi connectivity index (χ3v) is 11.9. The van der Waals surface area contributed by atoms with Crippen molar-refractivity contribution >= 4 is 17.5 Å². The van der Waals surface area contributed by atoms with Crippen LogP contribution in [0, 0.1) is 34.5 Å². The average molecular weight is 563 g/mol. The van der Waals surface area contributed by atoms with Gasteiger partial charge in [0.1, 0.15) is 18.8 Å². The molecule has 40 heavy (non-hydrogen) atoms. The molecular weight excluding hydrogens is 520 g/mol. The lowest BCUT2D eigenvalue weighted by Crippen LogP contribution is -2.72. The SMILES string of the molecule is COC1CC(C)OC(OC2CCC3(C)C(C2)C(O)CC2C3C(O)C(=O)C3(C)C(C4=CC(=O)OC4)CCC23O)C1=O. The van der Waals surface area contributed by atoms with Crippen LogP contribution in [0.3, 0.4) is 0 Å². The predicted octanol–water partition coefficient (Wildman–Crippen LogP) is 1.47. The van der Waals surface area contributed by atoms with E-state index in [-0.39, 0.29) is 36.9 Å². The first kappa shape index (κ1) is 28.4. The number of hydrogen-bond donors (Lipinski definition) is 3. The molecule has 0 aromatic carbocycles. The van der Waals surface area contributed by atoms with Gasteiger partial charge in [0.2, 0.25) is 12.1 Å². The molecule has 13 atom stereocenters. The summed E-state index contributed by atoms with van der Waals surface area (Å²) in [7, 11) is 1.50. The van der Waals surface area contributed by atoms with Crippen LogP contribution in [0.25, 0.3) is 0 Å². The summed E-state index contributed by atoms with van der Waals surface area (Å²) in [5.74, 6) is -2.82. The van der Waals surface area contributed by atoms with Crippen molar-refractivity contribution in [2.24, 2.45) is 34.5 Å². The number of methoxy groups -OCH3 is 1. The zero-order valence-corrected chi connectivity index (χ0v) is 23.7. The lowest BCUT2D eigenvalue weighted by atomic mass is 9.41. The second-order valence-electron chi connectivity index (χ2n) is 13.6. The summed E-state index contributed by atoms with van der Waals surface area (Å²) >= 11 is 0. The number of carbonyl (C=O) groups excluding carboxylic acids is 3. The summed E-state index contributed by atoms with van der Waals surface area (Å²) in [6, 6.07) is 0. The fraction of sp³-hybridized carbons (Fsp3) is 0.833. The van der Waals surface area contributed by atoms with E-state index in [1.54, 1.807) is 6.92 Å². The molecule has 0 amide bonds. The molecule has 0 aromatic rings. The number of ketones is 2. The fourth-order valence-electron chi connectivity index (χ4n) is 9.74. The zero-order chi connectivity index (χ0) is 28.8. The van der Waals surface area contributed by atoms with Gasteiger partial charge in [-0.15, -0.1) is 0 Å². The number of hydrogen-bond acceptors (Lipinski definition) is 10. The van der Waals surface area contributed by atoms with Gasteiger partial charge in [-0.1, -0.05) is 6.92 Å². The van der Waals surface area contributed by atoms with Gasteiger partial charge in [-0.25, -0.2) is 4.79 Å². The van der Waals surface area contributed by atoms with Gasteiger partial charge in [0.25, 0.3) is 0 Å². The van der Waals surface area contributed by atoms with Gasteiger partial charge < -0.3 is 34.3 Å². The Morgan fingerprint density at radius 2 is 1.77 bits per heavy atom. The number of carbonyl (C=O) groups is 3. The predicted molar refractivity (Wildman–Crippen MR) is 139 cm³/mol. The van der Waals surface area contributed by atoms with E-state index in [0.29, 0.717) is 44.1 Å². The van der Waals surface area contributed by atoms with Crippen molar-refractivity contribution in [1.82, 2.24) is 0 Å². The monoisotopic (exact) mass is 562 g/mol. The number of fused-ring (bicyclic) bond motifs is 5. The molecule has 2 heterocycles. The molecule has 2 aliphatic heterocycles. The number of aliphatic hydroxyl groups is 3. The number of aliphatic hydroxyl groups excluding tert-OH is 2. The molecule has 1 saturated heterocycles. The summed E-state index contributed by atoms with van der Waals surface area (Å²) in [6.07, 6.45) is 0.309. The van der Waals surface area contributed by atoms with Crippen LogP contribution in [0.15, 0.2) is 11.6 Å². The van der Waals surface area contributed by atoms with Crippen LogP contribution in [0.4, 0.5) is 0 Å². The molecule has 222 valence electrons. The quantitative estimate of drug-likeness (QED) is 0.340. The van der Waals surface area contributed by atoms with Crippen LogP contribution in [0.2, 0.25) is 0 Å². The molecule has 4 aliphatic carbocycles. The highest BCUT2D eigenvalue weighted by molar-refractivity contribution is 5.93. The highest BCUT2D eigenvalue weighted by Crippen LogP contribution is 2.69. The first-order chi connectivity index (χ1) is 18.8. The number of rotatable bonds is 4. The highest BCUT2D eigenvalue weighted by atomic mass is 16.7. The van der Waals surface area contributed by atoms with Crippen molar-refractivity contribution in [3.8, 4) is 0 Å². The van der Waals surface area contributed by atoms with Crippen LogP contribution < -0.4 is 0 Å². The third-order valence-electron chi connectivity index (χ3n) is 11.9. The fourth-order valence-corrected chi connectivity index (χ4v) is 9.74. The second kappa shape index (κ2) is 9.67. The third kappa shape index (κ3) is 3.86. The maximum atomic E-state index is 14.1. The van der Waals surface area contributed by atoms with E-state index in [4.69, 9.17) is 18.9 Å². The minimum absolute atomic E-state index is 0.0908. The Balaban J connectivity index is 1.26. The normalized spacial score (nSPS) is 52.5. The summed E-state index contributed by atoms with van der Waals surface area (Å²) in [5.41, 5.74) is -2.66. The van der Waals surface area contributed by atoms with Gasteiger partial charge in [-0.2, -0.15) is 0 Å². The Morgan fingerprint density at radius 3 is 2.45 bits per heavy atom. The van der Waals surface area contributed by atoms with Crippen LogP contribution in [-0.2, 0) is 33.3 Å². The molecule has 0 aromatic heterocycles. The van der Waals surface area contributed by atoms with E-state index >= 15 is 0 Å². The maximum Gasteiger partial charge on any atom is 0.331 e. The molecule has 10 heteroatoms. The van der Waals surface area contributed by atoms with Gasteiger partial charge in [0, 0.05) is 25.5 Å². The van der Waals surface area contributed by atoms with Gasteiger partial charge >= 0.3 is 5.97 Å². The van der Waals surface area contributed by atoms with E-state index in [0.717, 1.165) is 0 Å². The molecule has 6 rings (SSSR count). The summed E-state index contributed by atoms with van der Waals surface area (Å²) in [6.45, 7) is 5.70. The van der Waals surface area contributed by atoms with Gasteiger partial charge in [-0.05, 0) is 81.1 Å². The average Bonchev–Trinajstić information content (AvgIpc) is 3.46. The zero-order valence-electron chi connectivity index (χ0n) is 23.7. The Bertz CT molecular complexity index is 1120. The lowest BCUT2D eigenvalue weighted by molar-refractivity contribution is -0.259. The molecule has 13 unspecified atom stereocenters. The van der Waals surface area contributed by atoms with Gasteiger partial charge in [0.05, 0.1) is 29.3 Å².